The molecule has 0 saturated heterocycles. The van der Waals surface area contributed by atoms with Crippen molar-refractivity contribution >= 4 is 11.6 Å². The molecule has 1 N–H and O–H groups in total. The SMILES string of the molecule is CC1(C)CCC(NCc2cc(Cl)ccc2F)C1. The van der Waals surface area contributed by atoms with Crippen molar-refractivity contribution in [1.29, 1.82) is 0 Å². The van der Waals surface area contributed by atoms with Crippen LogP contribution in [0.1, 0.15) is 38.7 Å². The maximum absolute atomic E-state index is 13.5. The van der Waals surface area contributed by atoms with E-state index in [-0.39, 0.29) is 5.82 Å². The first kappa shape index (κ1) is 12.8. The van der Waals surface area contributed by atoms with Crippen LogP contribution in [-0.4, -0.2) is 6.04 Å². The lowest BCUT2D eigenvalue weighted by Crippen LogP contribution is -2.27. The van der Waals surface area contributed by atoms with E-state index in [2.05, 4.69) is 19.2 Å². The summed E-state index contributed by atoms with van der Waals surface area (Å²) in [5, 5.41) is 4.02. The first-order chi connectivity index (χ1) is 7.96. The Morgan fingerprint density at radius 3 is 2.88 bits per heavy atom. The van der Waals surface area contributed by atoms with E-state index in [4.69, 9.17) is 11.6 Å². The average Bonchev–Trinajstić information content (AvgIpc) is 2.60. The van der Waals surface area contributed by atoms with E-state index in [1.165, 1.54) is 18.9 Å². The Morgan fingerprint density at radius 1 is 1.47 bits per heavy atom. The minimum absolute atomic E-state index is 0.181. The molecule has 0 heterocycles. The van der Waals surface area contributed by atoms with Gasteiger partial charge in [-0.25, -0.2) is 4.39 Å². The number of rotatable bonds is 3. The van der Waals surface area contributed by atoms with Crippen LogP contribution >= 0.6 is 11.6 Å². The second-order valence-corrected chi connectivity index (χ2v) is 6.16. The summed E-state index contributed by atoms with van der Waals surface area (Å²) in [6.07, 6.45) is 3.58. The van der Waals surface area contributed by atoms with Crippen molar-refractivity contribution in [2.24, 2.45) is 5.41 Å². The molecule has 17 heavy (non-hydrogen) atoms. The molecular weight excluding hydrogens is 237 g/mol. The van der Waals surface area contributed by atoms with Crippen molar-refractivity contribution in [3.05, 3.63) is 34.6 Å². The molecule has 1 saturated carbocycles. The summed E-state index contributed by atoms with van der Waals surface area (Å²) >= 11 is 5.86. The molecule has 1 unspecified atom stereocenters. The van der Waals surface area contributed by atoms with E-state index in [9.17, 15) is 4.39 Å². The highest BCUT2D eigenvalue weighted by Gasteiger charge is 2.30. The second-order valence-electron chi connectivity index (χ2n) is 5.72. The predicted octanol–water partition coefficient (Wildman–Crippen LogP) is 4.15. The van der Waals surface area contributed by atoms with Crippen molar-refractivity contribution in [1.82, 2.24) is 5.32 Å². The summed E-state index contributed by atoms with van der Waals surface area (Å²) in [4.78, 5) is 0. The number of benzene rings is 1. The van der Waals surface area contributed by atoms with Gasteiger partial charge >= 0.3 is 0 Å². The Kier molecular flexibility index (Phi) is 3.74. The summed E-state index contributed by atoms with van der Waals surface area (Å²) < 4.78 is 13.5. The number of hydrogen-bond donors (Lipinski definition) is 1. The van der Waals surface area contributed by atoms with Crippen molar-refractivity contribution < 1.29 is 4.39 Å². The second kappa shape index (κ2) is 4.95. The van der Waals surface area contributed by atoms with Crippen LogP contribution in [-0.2, 0) is 6.54 Å². The molecule has 1 aliphatic rings. The Balaban J connectivity index is 1.92. The molecule has 0 amide bonds. The fraction of sp³-hybridized carbons (Fsp3) is 0.571. The summed E-state index contributed by atoms with van der Waals surface area (Å²) in [7, 11) is 0. The highest BCUT2D eigenvalue weighted by molar-refractivity contribution is 6.30. The third kappa shape index (κ3) is 3.43. The smallest absolute Gasteiger partial charge is 0.127 e. The largest absolute Gasteiger partial charge is 0.310 e. The summed E-state index contributed by atoms with van der Waals surface area (Å²) in [6.45, 7) is 5.14. The zero-order chi connectivity index (χ0) is 12.5. The third-order valence-corrected chi connectivity index (χ3v) is 3.79. The Labute approximate surface area is 107 Å². The van der Waals surface area contributed by atoms with E-state index >= 15 is 0 Å². The van der Waals surface area contributed by atoms with Crippen LogP contribution in [0.2, 0.25) is 5.02 Å². The Morgan fingerprint density at radius 2 is 2.24 bits per heavy atom. The van der Waals surface area contributed by atoms with Gasteiger partial charge in [-0.05, 0) is 42.9 Å². The fourth-order valence-corrected chi connectivity index (χ4v) is 2.74. The number of hydrogen-bond acceptors (Lipinski definition) is 1. The highest BCUT2D eigenvalue weighted by Crippen LogP contribution is 2.37. The van der Waals surface area contributed by atoms with Gasteiger partial charge in [-0.15, -0.1) is 0 Å². The summed E-state index contributed by atoms with van der Waals surface area (Å²) in [5.41, 5.74) is 1.08. The summed E-state index contributed by atoms with van der Waals surface area (Å²) in [5.74, 6) is -0.181. The van der Waals surface area contributed by atoms with Gasteiger partial charge in [0.15, 0.2) is 0 Å². The molecule has 0 aromatic heterocycles. The normalized spacial score (nSPS) is 22.9. The lowest BCUT2D eigenvalue weighted by Gasteiger charge is -2.18. The third-order valence-electron chi connectivity index (χ3n) is 3.56. The minimum Gasteiger partial charge on any atom is -0.310 e. The van der Waals surface area contributed by atoms with Gasteiger partial charge in [-0.2, -0.15) is 0 Å². The lowest BCUT2D eigenvalue weighted by molar-refractivity contribution is 0.363. The first-order valence-corrected chi connectivity index (χ1v) is 6.51. The van der Waals surface area contributed by atoms with Gasteiger partial charge in [0.2, 0.25) is 0 Å². The average molecular weight is 256 g/mol. The molecule has 1 aliphatic carbocycles. The van der Waals surface area contributed by atoms with Crippen molar-refractivity contribution in [2.45, 2.75) is 45.7 Å². The van der Waals surface area contributed by atoms with Gasteiger partial charge < -0.3 is 5.32 Å². The molecule has 1 aromatic carbocycles. The number of halogens is 2. The zero-order valence-electron chi connectivity index (χ0n) is 10.4. The van der Waals surface area contributed by atoms with E-state index in [1.54, 1.807) is 12.1 Å². The maximum Gasteiger partial charge on any atom is 0.127 e. The molecule has 0 spiro atoms. The topological polar surface area (TPSA) is 12.0 Å². The number of nitrogens with one attached hydrogen (secondary N) is 1. The van der Waals surface area contributed by atoms with Crippen LogP contribution in [0, 0.1) is 11.2 Å². The van der Waals surface area contributed by atoms with E-state index < -0.39 is 0 Å². The van der Waals surface area contributed by atoms with Crippen molar-refractivity contribution in [3.63, 3.8) is 0 Å². The van der Waals surface area contributed by atoms with Crippen molar-refractivity contribution in [3.8, 4) is 0 Å². The van der Waals surface area contributed by atoms with Gasteiger partial charge in [0.05, 0.1) is 0 Å². The van der Waals surface area contributed by atoms with Crippen LogP contribution in [0.5, 0.6) is 0 Å². The van der Waals surface area contributed by atoms with Gasteiger partial charge in [0.1, 0.15) is 5.82 Å². The zero-order valence-corrected chi connectivity index (χ0v) is 11.1. The van der Waals surface area contributed by atoms with Crippen LogP contribution < -0.4 is 5.32 Å². The van der Waals surface area contributed by atoms with Gasteiger partial charge in [-0.1, -0.05) is 25.4 Å². The molecule has 1 nitrogen and oxygen atoms in total. The van der Waals surface area contributed by atoms with Gasteiger partial charge in [0, 0.05) is 23.2 Å². The lowest BCUT2D eigenvalue weighted by atomic mass is 9.92. The van der Waals surface area contributed by atoms with Crippen molar-refractivity contribution in [2.75, 3.05) is 0 Å². The minimum atomic E-state index is -0.181. The Bertz CT molecular complexity index is 403. The molecule has 2 rings (SSSR count). The standard InChI is InChI=1S/C14H19ClFN/c1-14(2)6-5-12(8-14)17-9-10-7-11(15)3-4-13(10)16/h3-4,7,12,17H,5-6,8-9H2,1-2H3. The first-order valence-electron chi connectivity index (χ1n) is 6.14. The molecule has 0 bridgehead atoms. The van der Waals surface area contributed by atoms with Crippen LogP contribution in [0.3, 0.4) is 0 Å². The van der Waals surface area contributed by atoms with E-state index in [0.29, 0.717) is 28.6 Å². The molecule has 3 heteroatoms. The predicted molar refractivity (Wildman–Crippen MR) is 69.7 cm³/mol. The molecular formula is C14H19ClFN. The molecule has 0 aliphatic heterocycles. The van der Waals surface area contributed by atoms with E-state index in [1.807, 2.05) is 0 Å². The highest BCUT2D eigenvalue weighted by atomic mass is 35.5. The Hall–Kier alpha value is -0.600. The molecule has 1 aromatic rings. The quantitative estimate of drug-likeness (QED) is 0.856. The van der Waals surface area contributed by atoms with E-state index in [0.717, 1.165) is 6.42 Å². The maximum atomic E-state index is 13.5. The van der Waals surface area contributed by atoms with Crippen LogP contribution in [0.4, 0.5) is 4.39 Å². The van der Waals surface area contributed by atoms with Gasteiger partial charge in [0.25, 0.3) is 0 Å². The monoisotopic (exact) mass is 255 g/mol. The summed E-state index contributed by atoms with van der Waals surface area (Å²) in [6, 6.07) is 5.21. The fourth-order valence-electron chi connectivity index (χ4n) is 2.54. The molecule has 94 valence electrons. The van der Waals surface area contributed by atoms with Crippen LogP contribution in [0.15, 0.2) is 18.2 Å². The molecule has 0 radical (unpaired) electrons. The molecule has 1 fully saturated rings. The van der Waals surface area contributed by atoms with Crippen LogP contribution in [0.25, 0.3) is 0 Å². The molecule has 1 atom stereocenters. The van der Waals surface area contributed by atoms with Gasteiger partial charge in [-0.3, -0.25) is 0 Å².